The molecule has 0 saturated heterocycles. The summed E-state index contributed by atoms with van der Waals surface area (Å²) in [7, 11) is 1.79. The Balaban J connectivity index is 3.15. The van der Waals surface area contributed by atoms with Crippen LogP contribution in [0.25, 0.3) is 0 Å². The molecule has 1 atom stereocenters. The molecule has 0 fully saturated rings. The third kappa shape index (κ3) is 4.42. The monoisotopic (exact) mass is 294 g/mol. The van der Waals surface area contributed by atoms with E-state index in [2.05, 4.69) is 37.1 Å². The molecule has 0 amide bonds. The minimum atomic E-state index is -0.228. The first-order valence-electron chi connectivity index (χ1n) is 7.93. The van der Waals surface area contributed by atoms with E-state index in [1.165, 1.54) is 0 Å². The van der Waals surface area contributed by atoms with E-state index >= 15 is 0 Å². The fourth-order valence-corrected chi connectivity index (χ4v) is 2.81. The Morgan fingerprint density at radius 3 is 2.33 bits per heavy atom. The molecule has 1 unspecified atom stereocenters. The van der Waals surface area contributed by atoms with Gasteiger partial charge in [-0.15, -0.1) is 0 Å². The highest BCUT2D eigenvalue weighted by atomic mass is 16.5. The largest absolute Gasteiger partial charge is 0.489 e. The van der Waals surface area contributed by atoms with Gasteiger partial charge in [-0.05, 0) is 44.9 Å². The van der Waals surface area contributed by atoms with Gasteiger partial charge in [0, 0.05) is 13.3 Å². The molecule has 1 aromatic rings. The van der Waals surface area contributed by atoms with Gasteiger partial charge in [-0.25, -0.2) is 0 Å². The molecular weight excluding hydrogens is 264 g/mol. The topological polar surface area (TPSA) is 43.4 Å². The fourth-order valence-electron chi connectivity index (χ4n) is 2.81. The maximum Gasteiger partial charge on any atom is 0.138 e. The Kier molecular flexibility index (Phi) is 7.12. The average molecular weight is 294 g/mol. The van der Waals surface area contributed by atoms with Gasteiger partial charge in [-0.3, -0.25) is 4.98 Å². The van der Waals surface area contributed by atoms with E-state index in [1.54, 1.807) is 13.3 Å². The standard InChI is InChI=1S/C17H30N2O2/c1-7-17(8-2,20-6)16(19-9-3)14-10-15(12-18-11-14)21-13(4)5/h10-13,16,19H,7-9H2,1-6H3. The van der Waals surface area contributed by atoms with Crippen molar-refractivity contribution in [2.45, 2.75) is 65.2 Å². The van der Waals surface area contributed by atoms with Crippen LogP contribution in [0, 0.1) is 0 Å². The van der Waals surface area contributed by atoms with Crippen LogP contribution in [0.1, 0.15) is 59.1 Å². The maximum atomic E-state index is 5.90. The van der Waals surface area contributed by atoms with Crippen molar-refractivity contribution in [1.29, 1.82) is 0 Å². The summed E-state index contributed by atoms with van der Waals surface area (Å²) in [5, 5.41) is 3.55. The fraction of sp³-hybridized carbons (Fsp3) is 0.706. The molecule has 1 rings (SSSR count). The Morgan fingerprint density at radius 1 is 1.19 bits per heavy atom. The SMILES string of the molecule is CCNC(c1cncc(OC(C)C)c1)C(CC)(CC)OC. The van der Waals surface area contributed by atoms with Gasteiger partial charge in [0.15, 0.2) is 0 Å². The number of rotatable bonds is 9. The van der Waals surface area contributed by atoms with Crippen molar-refractivity contribution < 1.29 is 9.47 Å². The second-order valence-electron chi connectivity index (χ2n) is 5.59. The van der Waals surface area contributed by atoms with Crippen molar-refractivity contribution in [3.05, 3.63) is 24.0 Å². The number of methoxy groups -OCH3 is 1. The van der Waals surface area contributed by atoms with E-state index in [0.29, 0.717) is 0 Å². The Bertz CT molecular complexity index is 409. The predicted octanol–water partition coefficient (Wildman–Crippen LogP) is 3.72. The molecule has 1 heterocycles. The summed E-state index contributed by atoms with van der Waals surface area (Å²) in [5.41, 5.74) is 0.884. The van der Waals surface area contributed by atoms with Gasteiger partial charge < -0.3 is 14.8 Å². The van der Waals surface area contributed by atoms with E-state index in [4.69, 9.17) is 9.47 Å². The molecule has 0 bridgehead atoms. The average Bonchev–Trinajstić information content (AvgIpc) is 2.48. The number of hydrogen-bond acceptors (Lipinski definition) is 4. The predicted molar refractivity (Wildman–Crippen MR) is 86.7 cm³/mol. The number of ether oxygens (including phenoxy) is 2. The number of nitrogens with one attached hydrogen (secondary N) is 1. The van der Waals surface area contributed by atoms with Crippen molar-refractivity contribution in [2.24, 2.45) is 0 Å². The number of nitrogens with zero attached hydrogens (tertiary/aromatic N) is 1. The van der Waals surface area contributed by atoms with Crippen LogP contribution in [0.5, 0.6) is 5.75 Å². The van der Waals surface area contributed by atoms with Crippen molar-refractivity contribution in [1.82, 2.24) is 10.3 Å². The molecule has 1 N–H and O–H groups in total. The minimum absolute atomic E-state index is 0.103. The molecule has 21 heavy (non-hydrogen) atoms. The van der Waals surface area contributed by atoms with Crippen molar-refractivity contribution in [2.75, 3.05) is 13.7 Å². The van der Waals surface area contributed by atoms with Crippen LogP contribution in [-0.4, -0.2) is 30.3 Å². The molecule has 0 saturated carbocycles. The third-order valence-electron chi connectivity index (χ3n) is 3.98. The molecule has 0 spiro atoms. The van der Waals surface area contributed by atoms with E-state index in [1.807, 2.05) is 20.0 Å². The van der Waals surface area contributed by atoms with Crippen molar-refractivity contribution in [3.8, 4) is 5.75 Å². The smallest absolute Gasteiger partial charge is 0.138 e. The second kappa shape index (κ2) is 8.35. The number of aromatic nitrogens is 1. The first-order valence-corrected chi connectivity index (χ1v) is 7.93. The summed E-state index contributed by atoms with van der Waals surface area (Å²) in [6.07, 6.45) is 5.68. The van der Waals surface area contributed by atoms with Crippen LogP contribution < -0.4 is 10.1 Å². The van der Waals surface area contributed by atoms with Gasteiger partial charge in [0.05, 0.1) is 23.9 Å². The molecule has 0 aliphatic carbocycles. The molecule has 0 aliphatic rings. The zero-order valence-corrected chi connectivity index (χ0v) is 14.3. The normalized spacial score (nSPS) is 13.5. The number of hydrogen-bond donors (Lipinski definition) is 1. The molecule has 4 nitrogen and oxygen atoms in total. The summed E-state index contributed by atoms with van der Waals surface area (Å²) in [6.45, 7) is 11.4. The summed E-state index contributed by atoms with van der Waals surface area (Å²) in [5.74, 6) is 0.808. The lowest BCUT2D eigenvalue weighted by molar-refractivity contribution is -0.0483. The molecule has 0 aliphatic heterocycles. The summed E-state index contributed by atoms with van der Waals surface area (Å²) in [6, 6.07) is 2.17. The van der Waals surface area contributed by atoms with Crippen LogP contribution in [0.3, 0.4) is 0 Å². The van der Waals surface area contributed by atoms with Crippen LogP contribution in [-0.2, 0) is 4.74 Å². The second-order valence-corrected chi connectivity index (χ2v) is 5.59. The van der Waals surface area contributed by atoms with E-state index < -0.39 is 0 Å². The van der Waals surface area contributed by atoms with E-state index in [0.717, 1.165) is 30.7 Å². The zero-order chi connectivity index (χ0) is 15.9. The highest BCUT2D eigenvalue weighted by Crippen LogP contribution is 2.35. The molecular formula is C17H30N2O2. The molecule has 1 aromatic heterocycles. The third-order valence-corrected chi connectivity index (χ3v) is 3.98. The van der Waals surface area contributed by atoms with E-state index in [-0.39, 0.29) is 17.7 Å². The highest BCUT2D eigenvalue weighted by molar-refractivity contribution is 5.28. The van der Waals surface area contributed by atoms with Gasteiger partial charge >= 0.3 is 0 Å². The lowest BCUT2D eigenvalue weighted by atomic mass is 9.84. The molecule has 0 aromatic carbocycles. The first kappa shape index (κ1) is 17.9. The molecule has 120 valence electrons. The Hall–Kier alpha value is -1.13. The van der Waals surface area contributed by atoms with E-state index in [9.17, 15) is 0 Å². The Labute approximate surface area is 129 Å². The lowest BCUT2D eigenvalue weighted by Gasteiger charge is -2.39. The maximum absolute atomic E-state index is 5.90. The van der Waals surface area contributed by atoms with Gasteiger partial charge in [-0.2, -0.15) is 0 Å². The van der Waals surface area contributed by atoms with Crippen LogP contribution in [0.2, 0.25) is 0 Å². The molecule has 0 radical (unpaired) electrons. The van der Waals surface area contributed by atoms with Crippen LogP contribution >= 0.6 is 0 Å². The molecule has 4 heteroatoms. The van der Waals surface area contributed by atoms with Gasteiger partial charge in [0.2, 0.25) is 0 Å². The lowest BCUT2D eigenvalue weighted by Crippen LogP contribution is -2.44. The van der Waals surface area contributed by atoms with Crippen molar-refractivity contribution >= 4 is 0 Å². The number of likely N-dealkylation sites (N-methyl/N-ethyl adjacent to an activating group) is 1. The first-order chi connectivity index (χ1) is 10.0. The quantitative estimate of drug-likeness (QED) is 0.753. The zero-order valence-electron chi connectivity index (χ0n) is 14.3. The Morgan fingerprint density at radius 2 is 1.86 bits per heavy atom. The van der Waals surface area contributed by atoms with Crippen LogP contribution in [0.15, 0.2) is 18.5 Å². The summed E-state index contributed by atoms with van der Waals surface area (Å²) >= 11 is 0. The highest BCUT2D eigenvalue weighted by Gasteiger charge is 2.36. The van der Waals surface area contributed by atoms with Gasteiger partial charge in [0.25, 0.3) is 0 Å². The van der Waals surface area contributed by atoms with Crippen molar-refractivity contribution in [3.63, 3.8) is 0 Å². The van der Waals surface area contributed by atoms with Gasteiger partial charge in [-0.1, -0.05) is 20.8 Å². The number of pyridine rings is 1. The minimum Gasteiger partial charge on any atom is -0.489 e. The van der Waals surface area contributed by atoms with Gasteiger partial charge in [0.1, 0.15) is 5.75 Å². The summed E-state index contributed by atoms with van der Waals surface area (Å²) < 4.78 is 11.7. The van der Waals surface area contributed by atoms with Crippen LogP contribution in [0.4, 0.5) is 0 Å². The summed E-state index contributed by atoms with van der Waals surface area (Å²) in [4.78, 5) is 4.34.